The zero-order valence-corrected chi connectivity index (χ0v) is 17.3. The highest BCUT2D eigenvalue weighted by Gasteiger charge is 2.25. The highest BCUT2D eigenvalue weighted by Crippen LogP contribution is 2.33. The minimum Gasteiger partial charge on any atom is -0.454 e. The second kappa shape index (κ2) is 7.59. The van der Waals surface area contributed by atoms with E-state index in [-0.39, 0.29) is 12.7 Å². The lowest BCUT2D eigenvalue weighted by molar-refractivity contribution is 0.0700. The summed E-state index contributed by atoms with van der Waals surface area (Å²) in [6.45, 7) is 1.58. The minimum atomic E-state index is 0.0862. The van der Waals surface area contributed by atoms with Gasteiger partial charge in [0.15, 0.2) is 11.5 Å². The molecule has 5 nitrogen and oxygen atoms in total. The van der Waals surface area contributed by atoms with Crippen molar-refractivity contribution in [2.75, 3.05) is 13.3 Å². The zero-order valence-electron chi connectivity index (χ0n) is 16.5. The van der Waals surface area contributed by atoms with Crippen LogP contribution in [0.15, 0.2) is 47.9 Å². The molecule has 0 saturated heterocycles. The SMILES string of the molecule is Cn1c(C(=O)N(Cc2ccc3c(c2)OCO3)C[C@H]2CC=CCC2)cc2sccc21. The van der Waals surface area contributed by atoms with Crippen LogP contribution in [0.2, 0.25) is 0 Å². The molecule has 1 atom stereocenters. The predicted octanol–water partition coefficient (Wildman–Crippen LogP) is 4.97. The van der Waals surface area contributed by atoms with Crippen LogP contribution in [0.3, 0.4) is 0 Å². The lowest BCUT2D eigenvalue weighted by Crippen LogP contribution is -2.36. The van der Waals surface area contributed by atoms with Gasteiger partial charge in [-0.15, -0.1) is 11.3 Å². The van der Waals surface area contributed by atoms with Gasteiger partial charge in [-0.2, -0.15) is 0 Å². The number of hydrogen-bond acceptors (Lipinski definition) is 4. The van der Waals surface area contributed by atoms with E-state index in [0.29, 0.717) is 12.5 Å². The van der Waals surface area contributed by atoms with E-state index >= 15 is 0 Å². The molecule has 0 bridgehead atoms. The molecule has 1 aromatic carbocycles. The molecule has 2 aliphatic rings. The number of allylic oxidation sites excluding steroid dienone is 2. The maximum atomic E-state index is 13.6. The standard InChI is InChI=1S/C23H24N2O3S/c1-24-18-9-10-29-22(18)12-19(24)23(26)25(13-16-5-3-2-4-6-16)14-17-7-8-20-21(11-17)28-15-27-20/h2-3,7-12,16H,4-6,13-15H2,1H3/t16-/m0/s1. The molecule has 3 heterocycles. The lowest BCUT2D eigenvalue weighted by atomic mass is 9.93. The Hall–Kier alpha value is -2.73. The smallest absolute Gasteiger partial charge is 0.270 e. The summed E-state index contributed by atoms with van der Waals surface area (Å²) in [5.41, 5.74) is 2.92. The molecule has 1 aliphatic carbocycles. The molecule has 29 heavy (non-hydrogen) atoms. The first-order valence-electron chi connectivity index (χ1n) is 10.0. The van der Waals surface area contributed by atoms with Gasteiger partial charge in [0.05, 0.1) is 10.2 Å². The first-order chi connectivity index (χ1) is 14.2. The molecule has 0 fully saturated rings. The molecule has 0 unspecified atom stereocenters. The largest absolute Gasteiger partial charge is 0.454 e. The van der Waals surface area contributed by atoms with Crippen LogP contribution in [-0.2, 0) is 13.6 Å². The molecule has 0 N–H and O–H groups in total. The Morgan fingerprint density at radius 2 is 2.10 bits per heavy atom. The van der Waals surface area contributed by atoms with Gasteiger partial charge in [0, 0.05) is 20.1 Å². The van der Waals surface area contributed by atoms with Gasteiger partial charge in [-0.25, -0.2) is 0 Å². The molecule has 2 aromatic heterocycles. The second-order valence-corrected chi connectivity index (χ2v) is 8.73. The fourth-order valence-corrected chi connectivity index (χ4v) is 5.08. The van der Waals surface area contributed by atoms with Gasteiger partial charge in [0.2, 0.25) is 6.79 Å². The third kappa shape index (κ3) is 3.53. The van der Waals surface area contributed by atoms with Crippen molar-refractivity contribution in [3.8, 4) is 11.5 Å². The molecule has 0 spiro atoms. The van der Waals surface area contributed by atoms with Crippen molar-refractivity contribution < 1.29 is 14.3 Å². The summed E-state index contributed by atoms with van der Waals surface area (Å²) in [6, 6.07) is 10.0. The minimum absolute atomic E-state index is 0.0862. The molecular weight excluding hydrogens is 384 g/mol. The first kappa shape index (κ1) is 18.3. The highest BCUT2D eigenvalue weighted by atomic mass is 32.1. The monoisotopic (exact) mass is 408 g/mol. The summed E-state index contributed by atoms with van der Waals surface area (Å²) >= 11 is 1.67. The average Bonchev–Trinajstić information content (AvgIpc) is 3.45. The van der Waals surface area contributed by atoms with E-state index in [2.05, 4.69) is 23.6 Å². The van der Waals surface area contributed by atoms with Gasteiger partial charge in [0.25, 0.3) is 5.91 Å². The summed E-state index contributed by atoms with van der Waals surface area (Å²) in [4.78, 5) is 15.6. The molecule has 1 amide bonds. The maximum Gasteiger partial charge on any atom is 0.270 e. The van der Waals surface area contributed by atoms with Crippen molar-refractivity contribution in [1.29, 1.82) is 0 Å². The summed E-state index contributed by atoms with van der Waals surface area (Å²) < 4.78 is 14.1. The maximum absolute atomic E-state index is 13.6. The van der Waals surface area contributed by atoms with Gasteiger partial charge in [0.1, 0.15) is 5.69 Å². The second-order valence-electron chi connectivity index (χ2n) is 7.78. The third-order valence-electron chi connectivity index (χ3n) is 5.84. The van der Waals surface area contributed by atoms with Crippen molar-refractivity contribution in [3.05, 3.63) is 59.1 Å². The van der Waals surface area contributed by atoms with Crippen LogP contribution >= 0.6 is 11.3 Å². The Balaban J connectivity index is 1.44. The molecule has 6 heteroatoms. The molecule has 5 rings (SSSR count). The Kier molecular flexibility index (Phi) is 4.79. The van der Waals surface area contributed by atoms with E-state index < -0.39 is 0 Å². The Morgan fingerprint density at radius 1 is 1.21 bits per heavy atom. The predicted molar refractivity (Wildman–Crippen MR) is 115 cm³/mol. The van der Waals surface area contributed by atoms with Crippen LogP contribution in [0.5, 0.6) is 11.5 Å². The van der Waals surface area contributed by atoms with E-state index in [1.54, 1.807) is 11.3 Å². The Labute approximate surface area is 174 Å². The molecule has 0 radical (unpaired) electrons. The molecule has 0 saturated carbocycles. The summed E-state index contributed by atoms with van der Waals surface area (Å²) in [7, 11) is 1.98. The van der Waals surface area contributed by atoms with Crippen LogP contribution in [0, 0.1) is 5.92 Å². The molecule has 150 valence electrons. The van der Waals surface area contributed by atoms with Gasteiger partial charge in [-0.05, 0) is 60.4 Å². The van der Waals surface area contributed by atoms with Crippen LogP contribution in [-0.4, -0.2) is 28.7 Å². The van der Waals surface area contributed by atoms with Gasteiger partial charge < -0.3 is 18.9 Å². The Morgan fingerprint density at radius 3 is 2.93 bits per heavy atom. The van der Waals surface area contributed by atoms with Gasteiger partial charge in [-0.3, -0.25) is 4.79 Å². The fourth-order valence-electron chi connectivity index (χ4n) is 4.23. The van der Waals surface area contributed by atoms with Crippen molar-refractivity contribution in [2.45, 2.75) is 25.8 Å². The number of fused-ring (bicyclic) bond motifs is 2. The number of thiophene rings is 1. The number of hydrogen-bond donors (Lipinski definition) is 0. The number of rotatable bonds is 5. The fraction of sp³-hybridized carbons (Fsp3) is 0.348. The zero-order chi connectivity index (χ0) is 19.8. The van der Waals surface area contributed by atoms with Crippen molar-refractivity contribution in [3.63, 3.8) is 0 Å². The topological polar surface area (TPSA) is 43.7 Å². The number of aromatic nitrogens is 1. The van der Waals surface area contributed by atoms with E-state index in [1.165, 1.54) is 0 Å². The van der Waals surface area contributed by atoms with Crippen LogP contribution in [0.1, 0.15) is 35.3 Å². The quantitative estimate of drug-likeness (QED) is 0.560. The highest BCUT2D eigenvalue weighted by molar-refractivity contribution is 7.17. The number of amides is 1. The van der Waals surface area contributed by atoms with Crippen molar-refractivity contribution in [2.24, 2.45) is 13.0 Å². The van der Waals surface area contributed by atoms with Crippen molar-refractivity contribution in [1.82, 2.24) is 9.47 Å². The normalized spacial score (nSPS) is 17.8. The van der Waals surface area contributed by atoms with E-state index in [0.717, 1.165) is 58.8 Å². The number of aryl methyl sites for hydroxylation is 1. The molecule has 1 aliphatic heterocycles. The number of carbonyl (C=O) groups excluding carboxylic acids is 1. The van der Waals surface area contributed by atoms with Crippen LogP contribution in [0.25, 0.3) is 10.2 Å². The van der Waals surface area contributed by atoms with Crippen LogP contribution in [0.4, 0.5) is 0 Å². The van der Waals surface area contributed by atoms with Crippen LogP contribution < -0.4 is 9.47 Å². The van der Waals surface area contributed by atoms with E-state index in [1.807, 2.05) is 40.8 Å². The van der Waals surface area contributed by atoms with Gasteiger partial charge in [-0.1, -0.05) is 18.2 Å². The van der Waals surface area contributed by atoms with Gasteiger partial charge >= 0.3 is 0 Å². The average molecular weight is 409 g/mol. The lowest BCUT2D eigenvalue weighted by Gasteiger charge is -2.29. The first-order valence-corrected chi connectivity index (χ1v) is 10.9. The summed E-state index contributed by atoms with van der Waals surface area (Å²) in [5.74, 6) is 2.11. The van der Waals surface area contributed by atoms with E-state index in [4.69, 9.17) is 9.47 Å². The molecular formula is C23H24N2O3S. The van der Waals surface area contributed by atoms with Crippen molar-refractivity contribution >= 4 is 27.5 Å². The number of nitrogens with zero attached hydrogens (tertiary/aromatic N) is 2. The number of benzene rings is 1. The van der Waals surface area contributed by atoms with E-state index in [9.17, 15) is 4.79 Å². The Bertz CT molecular complexity index is 1080. The summed E-state index contributed by atoms with van der Waals surface area (Å²) in [6.07, 6.45) is 7.75. The third-order valence-corrected chi connectivity index (χ3v) is 6.69. The summed E-state index contributed by atoms with van der Waals surface area (Å²) in [5, 5.41) is 2.07. The number of ether oxygens (including phenoxy) is 2. The number of carbonyl (C=O) groups is 1. The molecule has 3 aromatic rings.